The van der Waals surface area contributed by atoms with Crippen molar-refractivity contribution in [3.63, 3.8) is 0 Å². The minimum atomic E-state index is -0.485. The van der Waals surface area contributed by atoms with Crippen LogP contribution < -0.4 is 11.1 Å². The maximum absolute atomic E-state index is 12.5. The van der Waals surface area contributed by atoms with Crippen molar-refractivity contribution in [2.75, 3.05) is 0 Å². The van der Waals surface area contributed by atoms with Crippen molar-refractivity contribution in [3.05, 3.63) is 59.9 Å². The van der Waals surface area contributed by atoms with Gasteiger partial charge in [0, 0.05) is 18.6 Å². The topological polar surface area (TPSA) is 103 Å². The van der Waals surface area contributed by atoms with Crippen molar-refractivity contribution in [2.24, 2.45) is 12.8 Å². The predicted octanol–water partition coefficient (Wildman–Crippen LogP) is 1.31. The molecule has 3 N–H and O–H groups in total. The van der Waals surface area contributed by atoms with Gasteiger partial charge in [-0.2, -0.15) is 5.10 Å². The predicted molar refractivity (Wildman–Crippen MR) is 89.0 cm³/mol. The Morgan fingerprint density at radius 2 is 2.00 bits per heavy atom. The maximum atomic E-state index is 12.5. The molecule has 0 aliphatic heterocycles. The lowest BCUT2D eigenvalue weighted by Gasteiger charge is -2.17. The third-order valence-electron chi connectivity index (χ3n) is 3.75. The molecule has 0 spiro atoms. The zero-order chi connectivity index (χ0) is 17.1. The van der Waals surface area contributed by atoms with Crippen LogP contribution in [-0.2, 0) is 11.8 Å². The van der Waals surface area contributed by atoms with Crippen LogP contribution in [0.3, 0.4) is 0 Å². The van der Waals surface area contributed by atoms with Gasteiger partial charge in [0.2, 0.25) is 5.91 Å². The van der Waals surface area contributed by atoms with E-state index in [1.54, 1.807) is 24.0 Å². The highest BCUT2D eigenvalue weighted by Gasteiger charge is 2.18. The van der Waals surface area contributed by atoms with Gasteiger partial charge in [0.15, 0.2) is 5.65 Å². The molecule has 24 heavy (non-hydrogen) atoms. The maximum Gasteiger partial charge on any atom is 0.253 e. The van der Waals surface area contributed by atoms with Crippen LogP contribution in [0.1, 0.15) is 28.4 Å². The second-order valence-electron chi connectivity index (χ2n) is 5.51. The van der Waals surface area contributed by atoms with Crippen LogP contribution in [0.4, 0.5) is 0 Å². The number of rotatable bonds is 5. The number of hydrogen-bond acceptors (Lipinski definition) is 4. The number of nitrogens with one attached hydrogen (secondary N) is 1. The van der Waals surface area contributed by atoms with Gasteiger partial charge in [0.25, 0.3) is 5.91 Å². The fourth-order valence-electron chi connectivity index (χ4n) is 2.55. The summed E-state index contributed by atoms with van der Waals surface area (Å²) in [5.41, 5.74) is 7.23. The molecule has 0 saturated carbocycles. The summed E-state index contributed by atoms with van der Waals surface area (Å²) in [6.07, 6.45) is 3.17. The molecule has 7 heteroatoms. The molecular weight excluding hydrogens is 306 g/mol. The summed E-state index contributed by atoms with van der Waals surface area (Å²) in [5.74, 6) is -0.798. The summed E-state index contributed by atoms with van der Waals surface area (Å²) in [6, 6.07) is 10.5. The molecule has 2 aromatic heterocycles. The van der Waals surface area contributed by atoms with Crippen molar-refractivity contribution in [1.82, 2.24) is 20.1 Å². The third kappa shape index (κ3) is 3.24. The molecular formula is C17H17N5O2. The highest BCUT2D eigenvalue weighted by Crippen LogP contribution is 2.18. The number of aryl methyl sites for hydroxylation is 1. The molecule has 3 rings (SSSR count). The SMILES string of the molecule is Cn1ncc2cc(C(=O)N[C@@H](CC(N)=O)c3ccccc3)cnc21. The normalized spacial score (nSPS) is 12.0. The number of aromatic nitrogens is 3. The fraction of sp³-hybridized carbons (Fsp3) is 0.176. The lowest BCUT2D eigenvalue weighted by molar-refractivity contribution is -0.118. The van der Waals surface area contributed by atoms with Crippen LogP contribution >= 0.6 is 0 Å². The summed E-state index contributed by atoms with van der Waals surface area (Å²) < 4.78 is 1.64. The summed E-state index contributed by atoms with van der Waals surface area (Å²) in [5, 5.41) is 7.73. The van der Waals surface area contributed by atoms with Gasteiger partial charge in [-0.3, -0.25) is 14.3 Å². The molecule has 2 amide bonds. The number of carbonyl (C=O) groups excluding carboxylic acids is 2. The average molecular weight is 323 g/mol. The van der Waals surface area contributed by atoms with Crippen LogP contribution in [0.15, 0.2) is 48.8 Å². The Bertz CT molecular complexity index is 888. The lowest BCUT2D eigenvalue weighted by Crippen LogP contribution is -2.31. The van der Waals surface area contributed by atoms with E-state index in [0.717, 1.165) is 10.9 Å². The van der Waals surface area contributed by atoms with Gasteiger partial charge < -0.3 is 11.1 Å². The van der Waals surface area contributed by atoms with Crippen molar-refractivity contribution in [3.8, 4) is 0 Å². The standard InChI is InChI=1S/C17H17N5O2/c1-22-16-12(10-20-22)7-13(9-19-16)17(24)21-14(8-15(18)23)11-5-3-2-4-6-11/h2-7,9-10,14H,8H2,1H3,(H2,18,23)(H,21,24)/t14-/m0/s1. The molecule has 7 nitrogen and oxygen atoms in total. The van der Waals surface area contributed by atoms with E-state index < -0.39 is 11.9 Å². The molecule has 122 valence electrons. The van der Waals surface area contributed by atoms with Crippen LogP contribution in [0, 0.1) is 0 Å². The van der Waals surface area contributed by atoms with Gasteiger partial charge in [0.1, 0.15) is 0 Å². The Kier molecular flexibility index (Phi) is 4.24. The van der Waals surface area contributed by atoms with Crippen molar-refractivity contribution in [1.29, 1.82) is 0 Å². The minimum Gasteiger partial charge on any atom is -0.370 e. The van der Waals surface area contributed by atoms with Gasteiger partial charge in [-0.25, -0.2) is 4.98 Å². The number of pyridine rings is 1. The summed E-state index contributed by atoms with van der Waals surface area (Å²) >= 11 is 0. The van der Waals surface area contributed by atoms with Crippen molar-refractivity contribution >= 4 is 22.8 Å². The van der Waals surface area contributed by atoms with Gasteiger partial charge in [-0.15, -0.1) is 0 Å². The zero-order valence-electron chi connectivity index (χ0n) is 13.1. The number of fused-ring (bicyclic) bond motifs is 1. The zero-order valence-corrected chi connectivity index (χ0v) is 13.1. The summed E-state index contributed by atoms with van der Waals surface area (Å²) in [7, 11) is 1.79. The molecule has 0 unspecified atom stereocenters. The van der Waals surface area contributed by atoms with E-state index in [9.17, 15) is 9.59 Å². The number of nitrogens with two attached hydrogens (primary N) is 1. The molecule has 0 saturated heterocycles. The Morgan fingerprint density at radius 3 is 2.71 bits per heavy atom. The number of benzene rings is 1. The number of amides is 2. The smallest absolute Gasteiger partial charge is 0.253 e. The van der Waals surface area contributed by atoms with E-state index in [1.165, 1.54) is 6.20 Å². The molecule has 0 aliphatic rings. The molecule has 1 atom stereocenters. The molecule has 3 aromatic rings. The van der Waals surface area contributed by atoms with Gasteiger partial charge in [0.05, 0.1) is 24.2 Å². The first-order chi connectivity index (χ1) is 11.5. The first-order valence-corrected chi connectivity index (χ1v) is 7.46. The van der Waals surface area contributed by atoms with Crippen LogP contribution in [0.25, 0.3) is 11.0 Å². The Balaban J connectivity index is 1.85. The molecule has 1 aromatic carbocycles. The first-order valence-electron chi connectivity index (χ1n) is 7.46. The van der Waals surface area contributed by atoms with Gasteiger partial charge in [-0.05, 0) is 11.6 Å². The van der Waals surface area contributed by atoms with Gasteiger partial charge in [-0.1, -0.05) is 30.3 Å². The average Bonchev–Trinajstić information content (AvgIpc) is 2.95. The number of primary amides is 1. The van der Waals surface area contributed by atoms with Crippen LogP contribution in [-0.4, -0.2) is 26.6 Å². The van der Waals surface area contributed by atoms with Crippen molar-refractivity contribution < 1.29 is 9.59 Å². The second kappa shape index (κ2) is 6.49. The Morgan fingerprint density at radius 1 is 1.25 bits per heavy atom. The Hall–Kier alpha value is -3.22. The van der Waals surface area contributed by atoms with Crippen LogP contribution in [0.5, 0.6) is 0 Å². The number of carbonyl (C=O) groups is 2. The molecule has 0 aliphatic carbocycles. The summed E-state index contributed by atoms with van der Waals surface area (Å²) in [6.45, 7) is 0. The van der Waals surface area contributed by atoms with E-state index >= 15 is 0 Å². The first kappa shape index (κ1) is 15.7. The molecule has 0 fully saturated rings. The fourth-order valence-corrected chi connectivity index (χ4v) is 2.55. The third-order valence-corrected chi connectivity index (χ3v) is 3.75. The van der Waals surface area contributed by atoms with E-state index in [4.69, 9.17) is 5.73 Å². The monoisotopic (exact) mass is 323 g/mol. The highest BCUT2D eigenvalue weighted by molar-refractivity contribution is 5.97. The van der Waals surface area contributed by atoms with Crippen molar-refractivity contribution in [2.45, 2.75) is 12.5 Å². The number of nitrogens with zero attached hydrogens (tertiary/aromatic N) is 3. The molecule has 0 bridgehead atoms. The Labute approximate surface area is 138 Å². The molecule has 0 radical (unpaired) electrons. The lowest BCUT2D eigenvalue weighted by atomic mass is 10.0. The van der Waals surface area contributed by atoms with Crippen LogP contribution in [0.2, 0.25) is 0 Å². The van der Waals surface area contributed by atoms with E-state index in [1.807, 2.05) is 30.3 Å². The minimum absolute atomic E-state index is 0.0261. The molecule has 2 heterocycles. The van der Waals surface area contributed by atoms with E-state index in [-0.39, 0.29) is 12.3 Å². The van der Waals surface area contributed by atoms with E-state index in [0.29, 0.717) is 11.2 Å². The van der Waals surface area contributed by atoms with E-state index in [2.05, 4.69) is 15.4 Å². The highest BCUT2D eigenvalue weighted by atomic mass is 16.2. The summed E-state index contributed by atoms with van der Waals surface area (Å²) in [4.78, 5) is 28.1. The largest absolute Gasteiger partial charge is 0.370 e. The van der Waals surface area contributed by atoms with Gasteiger partial charge >= 0.3 is 0 Å². The number of hydrogen-bond donors (Lipinski definition) is 2. The quantitative estimate of drug-likeness (QED) is 0.739. The second-order valence-corrected chi connectivity index (χ2v) is 5.51.